The van der Waals surface area contributed by atoms with E-state index in [4.69, 9.17) is 0 Å². The second-order valence-corrected chi connectivity index (χ2v) is 7.05. The Morgan fingerprint density at radius 1 is 1.21 bits per heavy atom. The standard InChI is InChI=1S/C18H27N/c1-4-19-12-18(10-16-8-17(16)11-18)9-15-7-13(2)5-6-14(15)3/h5-7,16-17,19H,4,8-12H2,1-3H3. The SMILES string of the molecule is CCNCC1(Cc2cc(C)ccc2C)CC2CC2C1. The second kappa shape index (κ2) is 4.94. The van der Waals surface area contributed by atoms with Crippen molar-refractivity contribution in [3.63, 3.8) is 0 Å². The van der Waals surface area contributed by atoms with Crippen molar-refractivity contribution in [2.24, 2.45) is 17.3 Å². The van der Waals surface area contributed by atoms with Crippen LogP contribution in [0, 0.1) is 31.1 Å². The van der Waals surface area contributed by atoms with Gasteiger partial charge in [-0.3, -0.25) is 0 Å². The van der Waals surface area contributed by atoms with Gasteiger partial charge in [-0.15, -0.1) is 0 Å². The minimum Gasteiger partial charge on any atom is -0.316 e. The van der Waals surface area contributed by atoms with Crippen LogP contribution in [-0.2, 0) is 6.42 Å². The number of nitrogens with one attached hydrogen (secondary N) is 1. The van der Waals surface area contributed by atoms with E-state index in [0.29, 0.717) is 5.41 Å². The molecule has 1 aromatic carbocycles. The molecule has 1 N–H and O–H groups in total. The third kappa shape index (κ3) is 2.72. The van der Waals surface area contributed by atoms with Gasteiger partial charge in [0, 0.05) is 6.54 Å². The Bertz CT molecular complexity index is 453. The summed E-state index contributed by atoms with van der Waals surface area (Å²) in [5.41, 5.74) is 5.01. The Morgan fingerprint density at radius 3 is 2.63 bits per heavy atom. The van der Waals surface area contributed by atoms with Gasteiger partial charge in [0.05, 0.1) is 0 Å². The predicted molar refractivity (Wildman–Crippen MR) is 81.4 cm³/mol. The number of rotatable bonds is 5. The molecule has 0 saturated heterocycles. The van der Waals surface area contributed by atoms with Crippen molar-refractivity contribution < 1.29 is 0 Å². The molecular weight excluding hydrogens is 230 g/mol. The molecule has 1 nitrogen and oxygen atoms in total. The van der Waals surface area contributed by atoms with E-state index in [1.54, 1.807) is 5.56 Å². The summed E-state index contributed by atoms with van der Waals surface area (Å²) in [4.78, 5) is 0. The third-order valence-electron chi connectivity index (χ3n) is 5.28. The summed E-state index contributed by atoms with van der Waals surface area (Å²) in [5.74, 6) is 2.12. The number of hydrogen-bond donors (Lipinski definition) is 1. The van der Waals surface area contributed by atoms with Crippen LogP contribution in [-0.4, -0.2) is 13.1 Å². The van der Waals surface area contributed by atoms with Gasteiger partial charge in [0.15, 0.2) is 0 Å². The monoisotopic (exact) mass is 257 g/mol. The van der Waals surface area contributed by atoms with E-state index >= 15 is 0 Å². The minimum atomic E-state index is 0.544. The third-order valence-corrected chi connectivity index (χ3v) is 5.28. The first-order valence-corrected chi connectivity index (χ1v) is 7.89. The normalized spacial score (nSPS) is 32.4. The van der Waals surface area contributed by atoms with E-state index in [9.17, 15) is 0 Å². The second-order valence-electron chi connectivity index (χ2n) is 7.05. The van der Waals surface area contributed by atoms with Crippen LogP contribution in [0.2, 0.25) is 0 Å². The zero-order valence-electron chi connectivity index (χ0n) is 12.6. The molecule has 1 aromatic rings. The fraction of sp³-hybridized carbons (Fsp3) is 0.667. The van der Waals surface area contributed by atoms with Crippen LogP contribution < -0.4 is 5.32 Å². The maximum atomic E-state index is 3.63. The summed E-state index contributed by atoms with van der Waals surface area (Å²) >= 11 is 0. The van der Waals surface area contributed by atoms with Crippen LogP contribution in [0.3, 0.4) is 0 Å². The van der Waals surface area contributed by atoms with E-state index in [1.807, 2.05) is 0 Å². The molecule has 2 unspecified atom stereocenters. The highest BCUT2D eigenvalue weighted by atomic mass is 14.9. The van der Waals surface area contributed by atoms with Gasteiger partial charge in [-0.2, -0.15) is 0 Å². The molecule has 0 amide bonds. The summed E-state index contributed by atoms with van der Waals surface area (Å²) in [6.45, 7) is 9.02. The maximum absolute atomic E-state index is 3.63. The van der Waals surface area contributed by atoms with Crippen molar-refractivity contribution >= 4 is 0 Å². The van der Waals surface area contributed by atoms with Gasteiger partial charge >= 0.3 is 0 Å². The van der Waals surface area contributed by atoms with Crippen LogP contribution in [0.1, 0.15) is 42.9 Å². The van der Waals surface area contributed by atoms with Crippen LogP contribution in [0.5, 0.6) is 0 Å². The highest BCUT2D eigenvalue weighted by Gasteiger charge is 2.53. The fourth-order valence-corrected chi connectivity index (χ4v) is 4.14. The van der Waals surface area contributed by atoms with Gasteiger partial charge < -0.3 is 5.32 Å². The average molecular weight is 257 g/mol. The van der Waals surface area contributed by atoms with Crippen molar-refractivity contribution in [3.05, 3.63) is 34.9 Å². The summed E-state index contributed by atoms with van der Waals surface area (Å²) in [5, 5.41) is 3.63. The van der Waals surface area contributed by atoms with Gasteiger partial charge in [0.25, 0.3) is 0 Å². The lowest BCUT2D eigenvalue weighted by Crippen LogP contribution is -2.35. The van der Waals surface area contributed by atoms with Gasteiger partial charge in [0.2, 0.25) is 0 Å². The topological polar surface area (TPSA) is 12.0 Å². The Hall–Kier alpha value is -0.820. The van der Waals surface area contributed by atoms with Gasteiger partial charge in [-0.05, 0) is 74.5 Å². The summed E-state index contributed by atoms with van der Waals surface area (Å²) in [6.07, 6.45) is 5.71. The molecule has 0 aliphatic heterocycles. The van der Waals surface area contributed by atoms with Crippen LogP contribution in [0.25, 0.3) is 0 Å². The van der Waals surface area contributed by atoms with Crippen molar-refractivity contribution in [2.75, 3.05) is 13.1 Å². The van der Waals surface area contributed by atoms with Gasteiger partial charge in [-0.25, -0.2) is 0 Å². The molecule has 3 rings (SSSR count). The first-order chi connectivity index (χ1) is 9.12. The number of hydrogen-bond acceptors (Lipinski definition) is 1. The summed E-state index contributed by atoms with van der Waals surface area (Å²) < 4.78 is 0. The lowest BCUT2D eigenvalue weighted by molar-refractivity contribution is 0.250. The van der Waals surface area contributed by atoms with Crippen molar-refractivity contribution in [1.29, 1.82) is 0 Å². The minimum absolute atomic E-state index is 0.544. The van der Waals surface area contributed by atoms with Crippen LogP contribution >= 0.6 is 0 Å². The number of benzene rings is 1. The number of aryl methyl sites for hydroxylation is 2. The zero-order chi connectivity index (χ0) is 13.5. The molecule has 104 valence electrons. The van der Waals surface area contributed by atoms with E-state index in [-0.39, 0.29) is 0 Å². The molecule has 2 aliphatic rings. The van der Waals surface area contributed by atoms with E-state index in [0.717, 1.165) is 18.4 Å². The largest absolute Gasteiger partial charge is 0.316 e. The quantitative estimate of drug-likeness (QED) is 0.844. The van der Waals surface area contributed by atoms with Crippen LogP contribution in [0.15, 0.2) is 18.2 Å². The fourth-order valence-electron chi connectivity index (χ4n) is 4.14. The summed E-state index contributed by atoms with van der Waals surface area (Å²) in [6, 6.07) is 6.94. The van der Waals surface area contributed by atoms with Crippen molar-refractivity contribution in [1.82, 2.24) is 5.32 Å². The molecule has 2 fully saturated rings. The van der Waals surface area contributed by atoms with E-state index in [2.05, 4.69) is 44.3 Å². The Morgan fingerprint density at radius 2 is 1.95 bits per heavy atom. The average Bonchev–Trinajstić information content (AvgIpc) is 3.00. The first kappa shape index (κ1) is 13.2. The highest BCUT2D eigenvalue weighted by Crippen LogP contribution is 2.60. The molecule has 0 aromatic heterocycles. The summed E-state index contributed by atoms with van der Waals surface area (Å²) in [7, 11) is 0. The molecule has 0 radical (unpaired) electrons. The van der Waals surface area contributed by atoms with E-state index < -0.39 is 0 Å². The maximum Gasteiger partial charge on any atom is 0.00111 e. The van der Waals surface area contributed by atoms with Crippen molar-refractivity contribution in [3.8, 4) is 0 Å². The molecule has 0 spiro atoms. The smallest absolute Gasteiger partial charge is 0.00111 e. The lowest BCUT2D eigenvalue weighted by atomic mass is 9.76. The predicted octanol–water partition coefficient (Wildman–Crippen LogP) is 3.87. The Balaban J connectivity index is 1.79. The highest BCUT2D eigenvalue weighted by molar-refractivity contribution is 5.32. The van der Waals surface area contributed by atoms with Gasteiger partial charge in [-0.1, -0.05) is 30.7 Å². The molecule has 19 heavy (non-hydrogen) atoms. The molecule has 2 atom stereocenters. The first-order valence-electron chi connectivity index (χ1n) is 7.89. The molecule has 2 aliphatic carbocycles. The zero-order valence-corrected chi connectivity index (χ0v) is 12.6. The molecule has 1 heteroatoms. The Labute approximate surface area is 117 Å². The molecule has 0 heterocycles. The van der Waals surface area contributed by atoms with E-state index in [1.165, 1.54) is 43.4 Å². The lowest BCUT2D eigenvalue weighted by Gasteiger charge is -2.32. The Kier molecular flexibility index (Phi) is 3.42. The number of fused-ring (bicyclic) bond motifs is 1. The molecule has 0 bridgehead atoms. The molecular formula is C18H27N. The van der Waals surface area contributed by atoms with Crippen LogP contribution in [0.4, 0.5) is 0 Å². The van der Waals surface area contributed by atoms with Gasteiger partial charge in [0.1, 0.15) is 0 Å². The molecule has 2 saturated carbocycles. The van der Waals surface area contributed by atoms with Crippen molar-refractivity contribution in [2.45, 2.75) is 46.5 Å².